The van der Waals surface area contributed by atoms with Gasteiger partial charge in [-0.05, 0) is 49.7 Å². The van der Waals surface area contributed by atoms with Gasteiger partial charge >= 0.3 is 0 Å². The molecule has 9 heteroatoms. The third-order valence-electron chi connectivity index (χ3n) is 3.57. The van der Waals surface area contributed by atoms with Crippen molar-refractivity contribution in [2.75, 3.05) is 5.32 Å². The summed E-state index contributed by atoms with van der Waals surface area (Å²) in [6.45, 7) is 3.50. The van der Waals surface area contributed by atoms with Crippen LogP contribution in [0.1, 0.15) is 29.3 Å². The van der Waals surface area contributed by atoms with Gasteiger partial charge in [-0.15, -0.1) is 0 Å². The van der Waals surface area contributed by atoms with E-state index in [-0.39, 0.29) is 23.6 Å². The van der Waals surface area contributed by atoms with Gasteiger partial charge in [-0.25, -0.2) is 5.43 Å². The molecule has 8 nitrogen and oxygen atoms in total. The van der Waals surface area contributed by atoms with Gasteiger partial charge in [0.25, 0.3) is 11.6 Å². The maximum atomic E-state index is 12.1. The molecule has 0 aromatic heterocycles. The number of nitro groups is 1. The number of hydrogen-bond donors (Lipinski definition) is 2. The number of anilines is 1. The van der Waals surface area contributed by atoms with E-state index in [9.17, 15) is 19.7 Å². The van der Waals surface area contributed by atoms with Crippen LogP contribution >= 0.6 is 15.9 Å². The zero-order valence-electron chi connectivity index (χ0n) is 14.7. The quantitative estimate of drug-likeness (QED) is 0.410. The summed E-state index contributed by atoms with van der Waals surface area (Å²) in [5.74, 6) is -0.778. The SMILES string of the molecule is C/C(CC(=O)Nc1ccc(Br)cc1C)=N/NC(=O)c1ccc([N+](=O)[O-])cc1. The van der Waals surface area contributed by atoms with Crippen LogP contribution in [0.3, 0.4) is 0 Å². The molecule has 0 spiro atoms. The van der Waals surface area contributed by atoms with Crippen LogP contribution in [0.2, 0.25) is 0 Å². The molecule has 0 aliphatic heterocycles. The Bertz CT molecular complexity index is 910. The number of non-ortho nitro benzene ring substituents is 1. The van der Waals surface area contributed by atoms with E-state index in [0.717, 1.165) is 10.0 Å². The summed E-state index contributed by atoms with van der Waals surface area (Å²) in [6, 6.07) is 10.6. The number of benzene rings is 2. The molecule has 2 N–H and O–H groups in total. The molecule has 140 valence electrons. The molecule has 0 atom stereocenters. The number of nitro benzene ring substituents is 1. The second kappa shape index (κ2) is 9.04. The Labute approximate surface area is 163 Å². The highest BCUT2D eigenvalue weighted by molar-refractivity contribution is 9.10. The Hall–Kier alpha value is -3.07. The number of hydrazone groups is 1. The predicted octanol–water partition coefficient (Wildman–Crippen LogP) is 3.80. The topological polar surface area (TPSA) is 114 Å². The number of aryl methyl sites for hydroxylation is 1. The number of nitrogens with zero attached hydrogens (tertiary/aromatic N) is 2. The first-order valence-corrected chi connectivity index (χ1v) is 8.69. The first-order chi connectivity index (χ1) is 12.8. The van der Waals surface area contributed by atoms with Crippen LogP contribution in [0.25, 0.3) is 0 Å². The molecule has 0 saturated carbocycles. The molecule has 0 bridgehead atoms. The van der Waals surface area contributed by atoms with Crippen molar-refractivity contribution in [2.45, 2.75) is 20.3 Å². The number of carbonyl (C=O) groups is 2. The largest absolute Gasteiger partial charge is 0.326 e. The van der Waals surface area contributed by atoms with Crippen molar-refractivity contribution in [1.29, 1.82) is 0 Å². The lowest BCUT2D eigenvalue weighted by Crippen LogP contribution is -2.21. The molecule has 2 rings (SSSR count). The third kappa shape index (κ3) is 6.00. The molecule has 2 amide bonds. The van der Waals surface area contributed by atoms with Gasteiger partial charge in [-0.3, -0.25) is 19.7 Å². The van der Waals surface area contributed by atoms with Gasteiger partial charge in [0.15, 0.2) is 0 Å². The first kappa shape index (κ1) is 20.2. The predicted molar refractivity (Wildman–Crippen MR) is 106 cm³/mol. The van der Waals surface area contributed by atoms with E-state index < -0.39 is 10.8 Å². The highest BCUT2D eigenvalue weighted by Crippen LogP contribution is 2.20. The third-order valence-corrected chi connectivity index (χ3v) is 4.06. The normalized spacial score (nSPS) is 11.0. The summed E-state index contributed by atoms with van der Waals surface area (Å²) in [5.41, 5.74) is 4.48. The van der Waals surface area contributed by atoms with Crippen LogP contribution in [0.15, 0.2) is 52.0 Å². The van der Waals surface area contributed by atoms with E-state index >= 15 is 0 Å². The summed E-state index contributed by atoms with van der Waals surface area (Å²) >= 11 is 3.36. The number of carbonyl (C=O) groups excluding carboxylic acids is 2. The molecule has 0 heterocycles. The average molecular weight is 433 g/mol. The molecule has 0 aliphatic carbocycles. The lowest BCUT2D eigenvalue weighted by molar-refractivity contribution is -0.384. The number of halogens is 1. The molecule has 0 unspecified atom stereocenters. The molecule has 27 heavy (non-hydrogen) atoms. The molecular formula is C18H17BrN4O4. The Balaban J connectivity index is 1.91. The number of rotatable bonds is 6. The highest BCUT2D eigenvalue weighted by Gasteiger charge is 2.10. The van der Waals surface area contributed by atoms with Crippen molar-refractivity contribution in [3.8, 4) is 0 Å². The maximum Gasteiger partial charge on any atom is 0.271 e. The minimum absolute atomic E-state index is 0.00997. The number of hydrogen-bond acceptors (Lipinski definition) is 5. The standard InChI is InChI=1S/C18H17BrN4O4/c1-11-9-14(19)5-8-16(11)20-17(24)10-12(2)21-22-18(25)13-3-6-15(7-4-13)23(26)27/h3-9H,10H2,1-2H3,(H,20,24)(H,22,25)/b21-12-. The van der Waals surface area contributed by atoms with Crippen molar-refractivity contribution < 1.29 is 14.5 Å². The van der Waals surface area contributed by atoms with Crippen LogP contribution in [0.5, 0.6) is 0 Å². The Kier molecular flexibility index (Phi) is 6.78. The van der Waals surface area contributed by atoms with Gasteiger partial charge in [0.1, 0.15) is 0 Å². The molecule has 2 aromatic rings. The summed E-state index contributed by atoms with van der Waals surface area (Å²) < 4.78 is 0.921. The molecule has 0 aliphatic rings. The second-order valence-corrected chi connectivity index (χ2v) is 6.69. The van der Waals surface area contributed by atoms with Gasteiger partial charge in [0.2, 0.25) is 5.91 Å². The molecule has 2 aromatic carbocycles. The fraction of sp³-hybridized carbons (Fsp3) is 0.167. The van der Waals surface area contributed by atoms with Crippen LogP contribution in [0.4, 0.5) is 11.4 Å². The van der Waals surface area contributed by atoms with Crippen LogP contribution in [-0.4, -0.2) is 22.4 Å². The summed E-state index contributed by atoms with van der Waals surface area (Å²) in [5, 5.41) is 17.3. The van der Waals surface area contributed by atoms with E-state index in [1.165, 1.54) is 24.3 Å². The van der Waals surface area contributed by atoms with E-state index in [1.807, 2.05) is 19.1 Å². The minimum atomic E-state index is -0.546. The number of amides is 2. The lowest BCUT2D eigenvalue weighted by Gasteiger charge is -2.09. The van der Waals surface area contributed by atoms with Crippen LogP contribution in [-0.2, 0) is 4.79 Å². The van der Waals surface area contributed by atoms with Crippen LogP contribution in [0, 0.1) is 17.0 Å². The van der Waals surface area contributed by atoms with Crippen molar-refractivity contribution >= 4 is 44.8 Å². The van der Waals surface area contributed by atoms with E-state index in [2.05, 4.69) is 31.8 Å². The van der Waals surface area contributed by atoms with Gasteiger partial charge in [0, 0.05) is 33.6 Å². The fourth-order valence-corrected chi connectivity index (χ4v) is 2.65. The van der Waals surface area contributed by atoms with Gasteiger partial charge < -0.3 is 5.32 Å². The zero-order valence-corrected chi connectivity index (χ0v) is 16.2. The van der Waals surface area contributed by atoms with Crippen molar-refractivity contribution in [2.24, 2.45) is 5.10 Å². The van der Waals surface area contributed by atoms with E-state index in [1.54, 1.807) is 13.0 Å². The Morgan fingerprint density at radius 3 is 2.44 bits per heavy atom. The smallest absolute Gasteiger partial charge is 0.271 e. The first-order valence-electron chi connectivity index (χ1n) is 7.90. The van der Waals surface area contributed by atoms with Crippen molar-refractivity contribution in [3.05, 3.63) is 68.2 Å². The van der Waals surface area contributed by atoms with E-state index in [0.29, 0.717) is 11.4 Å². The summed E-state index contributed by atoms with van der Waals surface area (Å²) in [7, 11) is 0. The number of nitrogens with one attached hydrogen (secondary N) is 2. The highest BCUT2D eigenvalue weighted by atomic mass is 79.9. The van der Waals surface area contributed by atoms with Gasteiger partial charge in [-0.1, -0.05) is 15.9 Å². The van der Waals surface area contributed by atoms with Gasteiger partial charge in [0.05, 0.1) is 11.3 Å². The van der Waals surface area contributed by atoms with Gasteiger partial charge in [-0.2, -0.15) is 5.10 Å². The Morgan fingerprint density at radius 1 is 1.19 bits per heavy atom. The molecule has 0 radical (unpaired) electrons. The van der Waals surface area contributed by atoms with Crippen molar-refractivity contribution in [1.82, 2.24) is 5.43 Å². The summed E-state index contributed by atoms with van der Waals surface area (Å²) in [6.07, 6.45) is 0.00997. The fourth-order valence-electron chi connectivity index (χ4n) is 2.18. The monoisotopic (exact) mass is 432 g/mol. The second-order valence-electron chi connectivity index (χ2n) is 5.78. The van der Waals surface area contributed by atoms with E-state index in [4.69, 9.17) is 0 Å². The Morgan fingerprint density at radius 2 is 1.85 bits per heavy atom. The zero-order chi connectivity index (χ0) is 20.0. The van der Waals surface area contributed by atoms with Crippen molar-refractivity contribution in [3.63, 3.8) is 0 Å². The van der Waals surface area contributed by atoms with Crippen LogP contribution < -0.4 is 10.7 Å². The summed E-state index contributed by atoms with van der Waals surface area (Å²) in [4.78, 5) is 34.2. The minimum Gasteiger partial charge on any atom is -0.326 e. The maximum absolute atomic E-state index is 12.1. The molecule has 0 fully saturated rings. The average Bonchev–Trinajstić information content (AvgIpc) is 2.62. The molecular weight excluding hydrogens is 416 g/mol. The lowest BCUT2D eigenvalue weighted by atomic mass is 10.2. The molecule has 0 saturated heterocycles.